The number of aromatic nitrogens is 2. The average Bonchev–Trinajstić information content (AvgIpc) is 3.01. The molecule has 4 rings (SSSR count). The van der Waals surface area contributed by atoms with Crippen molar-refractivity contribution >= 4 is 17.0 Å². The van der Waals surface area contributed by atoms with Crippen LogP contribution in [-0.2, 0) is 12.0 Å². The first-order chi connectivity index (χ1) is 10.6. The number of fused-ring (bicyclic) bond motifs is 2. The van der Waals surface area contributed by atoms with Crippen molar-refractivity contribution in [1.82, 2.24) is 14.9 Å². The molecule has 22 heavy (non-hydrogen) atoms. The number of aryl methyl sites for hydroxylation is 1. The zero-order chi connectivity index (χ0) is 15.3. The quantitative estimate of drug-likeness (QED) is 0.872. The van der Waals surface area contributed by atoms with E-state index in [0.29, 0.717) is 6.04 Å². The van der Waals surface area contributed by atoms with Crippen molar-refractivity contribution in [3.8, 4) is 0 Å². The summed E-state index contributed by atoms with van der Waals surface area (Å²) in [4.78, 5) is 14.3. The number of thiazole rings is 1. The Morgan fingerprint density at radius 2 is 2.14 bits per heavy atom. The van der Waals surface area contributed by atoms with Gasteiger partial charge in [-0.25, -0.2) is 4.98 Å². The van der Waals surface area contributed by atoms with Gasteiger partial charge in [0.2, 0.25) is 0 Å². The first-order valence-corrected chi connectivity index (χ1v) is 8.81. The number of nitrogens with zero attached hydrogens (tertiary/aromatic N) is 4. The predicted octanol–water partition coefficient (Wildman–Crippen LogP) is 2.83. The Morgan fingerprint density at radius 1 is 1.32 bits per heavy atom. The summed E-state index contributed by atoms with van der Waals surface area (Å²) in [5, 5.41) is 3.34. The Kier molecular flexibility index (Phi) is 3.24. The maximum atomic E-state index is 4.73. The largest absolute Gasteiger partial charge is 0.367 e. The second-order valence-corrected chi connectivity index (χ2v) is 7.94. The third kappa shape index (κ3) is 2.15. The Morgan fingerprint density at radius 3 is 2.82 bits per heavy atom. The van der Waals surface area contributed by atoms with Crippen LogP contribution >= 0.6 is 11.3 Å². The number of likely N-dealkylation sites (tertiary alicyclic amines) is 1. The van der Waals surface area contributed by atoms with Gasteiger partial charge < -0.3 is 4.90 Å². The van der Waals surface area contributed by atoms with Crippen LogP contribution < -0.4 is 4.90 Å². The molecule has 0 saturated carbocycles. The molecule has 1 saturated heterocycles. The van der Waals surface area contributed by atoms with E-state index >= 15 is 0 Å². The highest BCUT2D eigenvalue weighted by molar-refractivity contribution is 7.09. The van der Waals surface area contributed by atoms with E-state index in [2.05, 4.69) is 53.1 Å². The summed E-state index contributed by atoms with van der Waals surface area (Å²) in [5.74, 6) is 0. The second kappa shape index (κ2) is 5.03. The molecule has 2 aliphatic rings. The fraction of sp³-hybridized carbons (Fsp3) is 0.529. The van der Waals surface area contributed by atoms with Crippen LogP contribution in [0.4, 0.5) is 5.69 Å². The van der Waals surface area contributed by atoms with Gasteiger partial charge in [-0.15, -0.1) is 11.3 Å². The number of rotatable bonds is 3. The summed E-state index contributed by atoms with van der Waals surface area (Å²) in [6.07, 6.45) is 1.94. The van der Waals surface area contributed by atoms with Gasteiger partial charge in [0.05, 0.1) is 27.5 Å². The molecule has 0 radical (unpaired) electrons. The average molecular weight is 314 g/mol. The molecule has 0 aliphatic carbocycles. The fourth-order valence-electron chi connectivity index (χ4n) is 3.87. The highest BCUT2D eigenvalue weighted by Gasteiger charge is 2.52. The van der Waals surface area contributed by atoms with Crippen molar-refractivity contribution in [2.45, 2.75) is 38.8 Å². The van der Waals surface area contributed by atoms with E-state index in [0.717, 1.165) is 31.2 Å². The third-order valence-electron chi connectivity index (χ3n) is 4.80. The second-order valence-electron chi connectivity index (χ2n) is 6.88. The maximum absolute atomic E-state index is 4.73. The van der Waals surface area contributed by atoms with Crippen LogP contribution in [0.15, 0.2) is 23.7 Å². The minimum absolute atomic E-state index is 0.228. The molecule has 2 aromatic heterocycles. The van der Waals surface area contributed by atoms with E-state index in [1.807, 2.05) is 6.20 Å². The van der Waals surface area contributed by atoms with Crippen molar-refractivity contribution in [3.63, 3.8) is 0 Å². The monoisotopic (exact) mass is 314 g/mol. The number of pyridine rings is 1. The smallest absolute Gasteiger partial charge is 0.0897 e. The fourth-order valence-corrected chi connectivity index (χ4v) is 4.47. The van der Waals surface area contributed by atoms with Gasteiger partial charge in [-0.2, -0.15) is 0 Å². The van der Waals surface area contributed by atoms with E-state index in [1.54, 1.807) is 11.3 Å². The maximum Gasteiger partial charge on any atom is 0.0897 e. The van der Waals surface area contributed by atoms with Crippen molar-refractivity contribution < 1.29 is 0 Å². The van der Waals surface area contributed by atoms with E-state index < -0.39 is 0 Å². The molecule has 4 heterocycles. The first-order valence-electron chi connectivity index (χ1n) is 7.93. The molecule has 116 valence electrons. The first kappa shape index (κ1) is 14.2. The lowest BCUT2D eigenvalue weighted by Crippen LogP contribution is -2.61. The summed E-state index contributed by atoms with van der Waals surface area (Å²) in [6, 6.07) is 4.81. The predicted molar refractivity (Wildman–Crippen MR) is 90.5 cm³/mol. The zero-order valence-electron chi connectivity index (χ0n) is 13.4. The molecule has 2 aromatic rings. The summed E-state index contributed by atoms with van der Waals surface area (Å²) >= 11 is 1.74. The minimum Gasteiger partial charge on any atom is -0.367 e. The summed E-state index contributed by atoms with van der Waals surface area (Å²) in [6.45, 7) is 10.9. The van der Waals surface area contributed by atoms with Crippen molar-refractivity contribution in [1.29, 1.82) is 0 Å². The van der Waals surface area contributed by atoms with Gasteiger partial charge in [-0.1, -0.05) is 0 Å². The van der Waals surface area contributed by atoms with Crippen LogP contribution in [-0.4, -0.2) is 40.5 Å². The molecule has 5 heteroatoms. The Bertz CT molecular complexity index is 687. The standard InChI is InChI=1S/C17H22N4S/c1-12(2)21-11-17(16-15(21)5-4-6-18-16)9-20(10-17)7-14-8-22-13(3)19-14/h4-6,8,12H,7,9-11H2,1-3H3. The molecule has 1 fully saturated rings. The minimum atomic E-state index is 0.228. The van der Waals surface area contributed by atoms with Crippen LogP contribution in [0.5, 0.6) is 0 Å². The Hall–Kier alpha value is -1.46. The molecular formula is C17H22N4S. The topological polar surface area (TPSA) is 32.3 Å². The third-order valence-corrected chi connectivity index (χ3v) is 5.62. The molecule has 0 atom stereocenters. The lowest BCUT2D eigenvalue weighted by atomic mass is 9.78. The highest BCUT2D eigenvalue weighted by atomic mass is 32.1. The summed E-state index contributed by atoms with van der Waals surface area (Å²) < 4.78 is 0. The molecule has 0 unspecified atom stereocenters. The van der Waals surface area contributed by atoms with E-state index in [-0.39, 0.29) is 5.41 Å². The van der Waals surface area contributed by atoms with Crippen LogP contribution in [0.25, 0.3) is 0 Å². The van der Waals surface area contributed by atoms with E-state index in [1.165, 1.54) is 17.1 Å². The van der Waals surface area contributed by atoms with Crippen molar-refractivity contribution in [3.05, 3.63) is 40.1 Å². The number of hydrogen-bond acceptors (Lipinski definition) is 5. The van der Waals surface area contributed by atoms with Gasteiger partial charge in [0, 0.05) is 43.8 Å². The normalized spacial score (nSPS) is 19.7. The van der Waals surface area contributed by atoms with Gasteiger partial charge in [0.15, 0.2) is 0 Å². The van der Waals surface area contributed by atoms with Gasteiger partial charge in [-0.3, -0.25) is 9.88 Å². The SMILES string of the molecule is Cc1nc(CN2CC3(C2)CN(C(C)C)c2cccnc23)cs1. The van der Waals surface area contributed by atoms with Crippen molar-refractivity contribution in [2.24, 2.45) is 0 Å². The lowest BCUT2D eigenvalue weighted by molar-refractivity contribution is 0.0637. The van der Waals surface area contributed by atoms with E-state index in [9.17, 15) is 0 Å². The number of anilines is 1. The molecule has 0 bridgehead atoms. The Labute approximate surface area is 135 Å². The van der Waals surface area contributed by atoms with Gasteiger partial charge in [0.25, 0.3) is 0 Å². The van der Waals surface area contributed by atoms with Crippen LogP contribution in [0, 0.1) is 6.92 Å². The van der Waals surface area contributed by atoms with Crippen LogP contribution in [0.2, 0.25) is 0 Å². The van der Waals surface area contributed by atoms with Crippen LogP contribution in [0.1, 0.15) is 30.2 Å². The molecule has 0 N–H and O–H groups in total. The molecule has 4 nitrogen and oxygen atoms in total. The molecule has 0 aromatic carbocycles. The van der Waals surface area contributed by atoms with Gasteiger partial charge >= 0.3 is 0 Å². The van der Waals surface area contributed by atoms with E-state index in [4.69, 9.17) is 4.98 Å². The zero-order valence-corrected chi connectivity index (χ0v) is 14.2. The van der Waals surface area contributed by atoms with Crippen molar-refractivity contribution in [2.75, 3.05) is 24.5 Å². The molecule has 1 spiro atoms. The molecule has 0 amide bonds. The number of hydrogen-bond donors (Lipinski definition) is 0. The molecular weight excluding hydrogens is 292 g/mol. The molecule has 2 aliphatic heterocycles. The summed E-state index contributed by atoms with van der Waals surface area (Å²) in [5.41, 5.74) is 4.07. The summed E-state index contributed by atoms with van der Waals surface area (Å²) in [7, 11) is 0. The Balaban J connectivity index is 1.53. The van der Waals surface area contributed by atoms with Gasteiger partial charge in [-0.05, 0) is 32.9 Å². The van der Waals surface area contributed by atoms with Crippen LogP contribution in [0.3, 0.4) is 0 Å². The van der Waals surface area contributed by atoms with Gasteiger partial charge in [0.1, 0.15) is 0 Å². The lowest BCUT2D eigenvalue weighted by Gasteiger charge is -2.48. The highest BCUT2D eigenvalue weighted by Crippen LogP contribution is 2.46.